The van der Waals surface area contributed by atoms with E-state index in [-0.39, 0.29) is 29.8 Å². The maximum absolute atomic E-state index is 13.6. The number of amides is 1. The molecule has 3 aromatic rings. The Labute approximate surface area is 180 Å². The van der Waals surface area contributed by atoms with E-state index in [4.69, 9.17) is 0 Å². The van der Waals surface area contributed by atoms with Crippen LogP contribution in [-0.2, 0) is 11.3 Å². The Hall–Kier alpha value is -3.73. The van der Waals surface area contributed by atoms with Crippen LogP contribution in [0.25, 0.3) is 11.1 Å². The summed E-state index contributed by atoms with van der Waals surface area (Å²) in [5.74, 6) is -1.44. The maximum Gasteiger partial charge on any atom is 0.335 e. The van der Waals surface area contributed by atoms with Gasteiger partial charge in [0.15, 0.2) is 0 Å². The lowest BCUT2D eigenvalue weighted by molar-refractivity contribution is -0.113. The quantitative estimate of drug-likeness (QED) is 0.549. The Morgan fingerprint density at radius 2 is 1.68 bits per heavy atom. The SMILES string of the molecule is CC(C)/C(=C1\C(=O)N(Cc2cccc(C(=O)O)c2)c2ccccc21)c1ccc(F)cc1. The molecule has 0 saturated heterocycles. The van der Waals surface area contributed by atoms with E-state index in [2.05, 4.69) is 0 Å². The second kappa shape index (κ2) is 8.19. The van der Waals surface area contributed by atoms with Gasteiger partial charge < -0.3 is 10.0 Å². The third-order valence-corrected chi connectivity index (χ3v) is 5.44. The number of halogens is 1. The summed E-state index contributed by atoms with van der Waals surface area (Å²) in [6, 6.07) is 20.4. The van der Waals surface area contributed by atoms with Crippen LogP contribution >= 0.6 is 0 Å². The minimum absolute atomic E-state index is 0.0350. The standard InChI is InChI=1S/C26H22FNO3/c1-16(2)23(18-10-12-20(27)13-11-18)24-21-8-3-4-9-22(21)28(25(24)29)15-17-6-5-7-19(14-17)26(30)31/h3-14,16H,15H2,1-2H3,(H,30,31)/b24-23+. The van der Waals surface area contributed by atoms with Crippen LogP contribution in [0.1, 0.15) is 40.9 Å². The molecule has 0 saturated carbocycles. The monoisotopic (exact) mass is 415 g/mol. The van der Waals surface area contributed by atoms with E-state index >= 15 is 0 Å². The van der Waals surface area contributed by atoms with Gasteiger partial charge in [0.05, 0.1) is 23.4 Å². The number of carbonyl (C=O) groups excluding carboxylic acids is 1. The van der Waals surface area contributed by atoms with E-state index in [1.807, 2.05) is 44.2 Å². The van der Waals surface area contributed by atoms with Crippen LogP contribution in [-0.4, -0.2) is 17.0 Å². The van der Waals surface area contributed by atoms with Gasteiger partial charge in [0.25, 0.3) is 5.91 Å². The van der Waals surface area contributed by atoms with Gasteiger partial charge in [0.2, 0.25) is 0 Å². The molecule has 1 N–H and O–H groups in total. The first-order valence-electron chi connectivity index (χ1n) is 10.1. The predicted molar refractivity (Wildman–Crippen MR) is 119 cm³/mol. The molecule has 4 rings (SSSR count). The number of carbonyl (C=O) groups is 2. The lowest BCUT2D eigenvalue weighted by Crippen LogP contribution is -2.26. The van der Waals surface area contributed by atoms with E-state index in [0.717, 1.165) is 28.0 Å². The van der Waals surface area contributed by atoms with Gasteiger partial charge in [-0.15, -0.1) is 0 Å². The van der Waals surface area contributed by atoms with Gasteiger partial charge >= 0.3 is 5.97 Å². The van der Waals surface area contributed by atoms with Crippen LogP contribution in [0.5, 0.6) is 0 Å². The topological polar surface area (TPSA) is 57.6 Å². The summed E-state index contributed by atoms with van der Waals surface area (Å²) in [5.41, 5.74) is 4.80. The van der Waals surface area contributed by atoms with Crippen molar-refractivity contribution in [1.29, 1.82) is 0 Å². The maximum atomic E-state index is 13.6. The second-order valence-electron chi connectivity index (χ2n) is 7.86. The minimum Gasteiger partial charge on any atom is -0.478 e. The van der Waals surface area contributed by atoms with Gasteiger partial charge in [-0.25, -0.2) is 9.18 Å². The number of benzene rings is 3. The van der Waals surface area contributed by atoms with Crippen molar-refractivity contribution in [3.8, 4) is 0 Å². The zero-order valence-corrected chi connectivity index (χ0v) is 17.3. The highest BCUT2D eigenvalue weighted by molar-refractivity contribution is 6.37. The van der Waals surface area contributed by atoms with Crippen molar-refractivity contribution < 1.29 is 19.1 Å². The first-order valence-corrected chi connectivity index (χ1v) is 10.1. The van der Waals surface area contributed by atoms with E-state index in [0.29, 0.717) is 5.57 Å². The normalized spacial score (nSPS) is 14.7. The highest BCUT2D eigenvalue weighted by atomic mass is 19.1. The van der Waals surface area contributed by atoms with Crippen molar-refractivity contribution in [1.82, 2.24) is 0 Å². The number of para-hydroxylation sites is 1. The highest BCUT2D eigenvalue weighted by Gasteiger charge is 2.35. The summed E-state index contributed by atoms with van der Waals surface area (Å²) in [7, 11) is 0. The zero-order valence-electron chi connectivity index (χ0n) is 17.3. The Kier molecular flexibility index (Phi) is 5.42. The average Bonchev–Trinajstić information content (AvgIpc) is 3.02. The number of nitrogens with zero attached hydrogens (tertiary/aromatic N) is 1. The Bertz CT molecular complexity index is 1200. The molecule has 0 aromatic heterocycles. The van der Waals surface area contributed by atoms with Crippen LogP contribution in [0.3, 0.4) is 0 Å². The molecule has 0 radical (unpaired) electrons. The summed E-state index contributed by atoms with van der Waals surface area (Å²) >= 11 is 0. The average molecular weight is 415 g/mol. The smallest absolute Gasteiger partial charge is 0.335 e. The van der Waals surface area contributed by atoms with E-state index in [1.54, 1.807) is 29.2 Å². The molecule has 4 nitrogen and oxygen atoms in total. The Balaban J connectivity index is 1.84. The largest absolute Gasteiger partial charge is 0.478 e. The molecular formula is C26H22FNO3. The molecule has 0 aliphatic carbocycles. The summed E-state index contributed by atoms with van der Waals surface area (Å²) in [6.07, 6.45) is 0. The molecule has 1 heterocycles. The molecule has 1 amide bonds. The lowest BCUT2D eigenvalue weighted by atomic mass is 9.88. The molecule has 1 aliphatic heterocycles. The fraction of sp³-hybridized carbons (Fsp3) is 0.154. The lowest BCUT2D eigenvalue weighted by Gasteiger charge is -2.19. The Morgan fingerprint density at radius 3 is 2.35 bits per heavy atom. The minimum atomic E-state index is -1.01. The van der Waals surface area contributed by atoms with Gasteiger partial charge in [-0.2, -0.15) is 0 Å². The fourth-order valence-corrected chi connectivity index (χ4v) is 4.08. The van der Waals surface area contributed by atoms with Crippen molar-refractivity contribution in [2.45, 2.75) is 20.4 Å². The third-order valence-electron chi connectivity index (χ3n) is 5.44. The molecule has 0 spiro atoms. The zero-order chi connectivity index (χ0) is 22.1. The van der Waals surface area contributed by atoms with Crippen molar-refractivity contribution >= 4 is 28.7 Å². The van der Waals surface area contributed by atoms with Gasteiger partial charge in [-0.05, 0) is 52.9 Å². The molecular weight excluding hydrogens is 393 g/mol. The van der Waals surface area contributed by atoms with E-state index in [9.17, 15) is 19.1 Å². The molecule has 0 fully saturated rings. The van der Waals surface area contributed by atoms with Gasteiger partial charge in [0, 0.05) is 5.56 Å². The van der Waals surface area contributed by atoms with Gasteiger partial charge in [-0.1, -0.05) is 56.3 Å². The van der Waals surface area contributed by atoms with Crippen LogP contribution in [0.15, 0.2) is 72.8 Å². The number of fused-ring (bicyclic) bond motifs is 1. The number of hydrogen-bond donors (Lipinski definition) is 1. The molecule has 3 aromatic carbocycles. The van der Waals surface area contributed by atoms with Crippen molar-refractivity contribution in [3.63, 3.8) is 0 Å². The predicted octanol–water partition coefficient (Wildman–Crippen LogP) is 5.64. The van der Waals surface area contributed by atoms with Gasteiger partial charge in [-0.3, -0.25) is 4.79 Å². The van der Waals surface area contributed by atoms with Crippen LogP contribution in [0.2, 0.25) is 0 Å². The summed E-state index contributed by atoms with van der Waals surface area (Å²) in [5, 5.41) is 9.29. The number of rotatable bonds is 5. The number of anilines is 1. The summed E-state index contributed by atoms with van der Waals surface area (Å²) in [4.78, 5) is 26.7. The van der Waals surface area contributed by atoms with E-state index < -0.39 is 5.97 Å². The molecule has 0 unspecified atom stereocenters. The third kappa shape index (κ3) is 3.87. The number of carboxylic acid groups (broad SMARTS) is 1. The number of aromatic carboxylic acids is 1. The molecule has 156 valence electrons. The molecule has 5 heteroatoms. The Morgan fingerprint density at radius 1 is 0.968 bits per heavy atom. The van der Waals surface area contributed by atoms with Gasteiger partial charge in [0.1, 0.15) is 5.82 Å². The van der Waals surface area contributed by atoms with E-state index in [1.165, 1.54) is 18.2 Å². The van der Waals surface area contributed by atoms with Crippen molar-refractivity contribution in [3.05, 3.63) is 101 Å². The molecule has 31 heavy (non-hydrogen) atoms. The van der Waals surface area contributed by atoms with Crippen LogP contribution in [0.4, 0.5) is 10.1 Å². The van der Waals surface area contributed by atoms with Crippen LogP contribution < -0.4 is 4.90 Å². The van der Waals surface area contributed by atoms with Crippen LogP contribution in [0, 0.1) is 11.7 Å². The number of allylic oxidation sites excluding steroid dienone is 1. The number of hydrogen-bond acceptors (Lipinski definition) is 2. The molecule has 0 atom stereocenters. The summed E-state index contributed by atoms with van der Waals surface area (Å²) < 4.78 is 13.5. The van der Waals surface area contributed by atoms with Crippen molar-refractivity contribution in [2.24, 2.45) is 5.92 Å². The highest BCUT2D eigenvalue weighted by Crippen LogP contribution is 2.43. The fourth-order valence-electron chi connectivity index (χ4n) is 4.08. The summed E-state index contributed by atoms with van der Waals surface area (Å²) in [6.45, 7) is 4.29. The number of carboxylic acids is 1. The van der Waals surface area contributed by atoms with Crippen molar-refractivity contribution in [2.75, 3.05) is 4.90 Å². The first-order chi connectivity index (χ1) is 14.9. The molecule has 0 bridgehead atoms. The second-order valence-corrected chi connectivity index (χ2v) is 7.86. The first kappa shape index (κ1) is 20.5. The molecule has 1 aliphatic rings.